The van der Waals surface area contributed by atoms with Crippen LogP contribution < -0.4 is 16.0 Å². The Bertz CT molecular complexity index is 1020. The molecule has 0 spiro atoms. The summed E-state index contributed by atoms with van der Waals surface area (Å²) in [6.07, 6.45) is -1.44. The van der Waals surface area contributed by atoms with Crippen molar-refractivity contribution in [1.29, 1.82) is 5.41 Å². The van der Waals surface area contributed by atoms with E-state index in [9.17, 15) is 14.4 Å². The van der Waals surface area contributed by atoms with Gasteiger partial charge in [0.2, 0.25) is 0 Å². The maximum Gasteiger partial charge on any atom is 0.414 e. The molecular weight excluding hydrogens is 404 g/mol. The quantitative estimate of drug-likeness (QED) is 0.298. The number of ether oxygens (including phenoxy) is 1. The number of aliphatic carboxylic acids is 2. The Morgan fingerprint density at radius 3 is 2.42 bits per heavy atom. The van der Waals surface area contributed by atoms with E-state index in [-0.39, 0.29) is 31.8 Å². The molecule has 1 amide bonds. The van der Waals surface area contributed by atoms with Gasteiger partial charge in [0.15, 0.2) is 0 Å². The van der Waals surface area contributed by atoms with Gasteiger partial charge in [-0.1, -0.05) is 12.1 Å². The van der Waals surface area contributed by atoms with Crippen LogP contribution in [0.3, 0.4) is 0 Å². The molecule has 1 fully saturated rings. The lowest BCUT2D eigenvalue weighted by Gasteiger charge is -2.16. The average molecular weight is 426 g/mol. The third kappa shape index (κ3) is 5.50. The summed E-state index contributed by atoms with van der Waals surface area (Å²) in [6.45, 7) is 0.491. The lowest BCUT2D eigenvalue weighted by atomic mass is 10.0. The van der Waals surface area contributed by atoms with Gasteiger partial charge in [0, 0.05) is 16.9 Å². The molecule has 162 valence electrons. The van der Waals surface area contributed by atoms with Gasteiger partial charge in [-0.3, -0.25) is 19.9 Å². The normalized spacial score (nSPS) is 15.4. The molecular formula is C21H22N4O6. The summed E-state index contributed by atoms with van der Waals surface area (Å²) in [5.41, 5.74) is 8.11. The van der Waals surface area contributed by atoms with E-state index in [1.807, 2.05) is 0 Å². The molecule has 2 aromatic carbocycles. The molecule has 1 unspecified atom stereocenters. The van der Waals surface area contributed by atoms with Gasteiger partial charge in [-0.15, -0.1) is 0 Å². The van der Waals surface area contributed by atoms with Crippen LogP contribution >= 0.6 is 0 Å². The minimum absolute atomic E-state index is 0.0695. The van der Waals surface area contributed by atoms with Crippen molar-refractivity contribution in [3.05, 3.63) is 59.2 Å². The smallest absolute Gasteiger partial charge is 0.414 e. The van der Waals surface area contributed by atoms with Crippen molar-refractivity contribution < 1.29 is 29.3 Å². The third-order valence-corrected chi connectivity index (χ3v) is 4.76. The second-order valence-corrected chi connectivity index (χ2v) is 7.09. The van der Waals surface area contributed by atoms with Gasteiger partial charge < -0.3 is 26.0 Å². The Kier molecular flexibility index (Phi) is 6.39. The number of nitrogens with two attached hydrogens (primary N) is 1. The van der Waals surface area contributed by atoms with Crippen LogP contribution in [0.25, 0.3) is 0 Å². The number of carboxylic acids is 2. The predicted molar refractivity (Wildman–Crippen MR) is 113 cm³/mol. The Morgan fingerprint density at radius 1 is 1.13 bits per heavy atom. The summed E-state index contributed by atoms with van der Waals surface area (Å²) in [5.74, 6) is -2.07. The van der Waals surface area contributed by atoms with Crippen LogP contribution in [0, 0.1) is 5.41 Å². The summed E-state index contributed by atoms with van der Waals surface area (Å²) < 4.78 is 5.39. The first-order valence-electron chi connectivity index (χ1n) is 9.45. The van der Waals surface area contributed by atoms with Crippen molar-refractivity contribution >= 4 is 35.2 Å². The average Bonchev–Trinajstić information content (AvgIpc) is 3.08. The van der Waals surface area contributed by atoms with E-state index in [1.165, 1.54) is 4.90 Å². The molecule has 6 N–H and O–H groups in total. The number of amidine groups is 1. The highest BCUT2D eigenvalue weighted by molar-refractivity contribution is 5.96. The van der Waals surface area contributed by atoms with Crippen molar-refractivity contribution in [2.24, 2.45) is 5.73 Å². The molecule has 31 heavy (non-hydrogen) atoms. The number of amides is 1. The summed E-state index contributed by atoms with van der Waals surface area (Å²) in [4.78, 5) is 35.8. The minimum Gasteiger partial charge on any atom is -0.481 e. The topological polar surface area (TPSA) is 166 Å². The Morgan fingerprint density at radius 2 is 1.81 bits per heavy atom. The first-order valence-corrected chi connectivity index (χ1v) is 9.45. The fourth-order valence-electron chi connectivity index (χ4n) is 3.27. The van der Waals surface area contributed by atoms with Crippen molar-refractivity contribution in [2.45, 2.75) is 18.9 Å². The van der Waals surface area contributed by atoms with Crippen LogP contribution in [0.4, 0.5) is 16.2 Å². The van der Waals surface area contributed by atoms with Crippen LogP contribution in [0.5, 0.6) is 0 Å². The Balaban J connectivity index is 1.69. The highest BCUT2D eigenvalue weighted by Gasteiger charge is 2.32. The van der Waals surface area contributed by atoms with E-state index in [2.05, 4.69) is 5.32 Å². The van der Waals surface area contributed by atoms with Gasteiger partial charge in [0.25, 0.3) is 0 Å². The summed E-state index contributed by atoms with van der Waals surface area (Å²) in [7, 11) is 0. The zero-order valence-electron chi connectivity index (χ0n) is 16.5. The zero-order chi connectivity index (χ0) is 22.5. The van der Waals surface area contributed by atoms with Gasteiger partial charge in [-0.05, 0) is 41.5 Å². The molecule has 1 heterocycles. The van der Waals surface area contributed by atoms with Crippen molar-refractivity contribution in [3.63, 3.8) is 0 Å². The van der Waals surface area contributed by atoms with Crippen LogP contribution in [0.1, 0.15) is 16.7 Å². The number of benzene rings is 2. The lowest BCUT2D eigenvalue weighted by molar-refractivity contribution is -0.137. The third-order valence-electron chi connectivity index (χ3n) is 4.76. The highest BCUT2D eigenvalue weighted by Crippen LogP contribution is 2.24. The molecule has 10 heteroatoms. The van der Waals surface area contributed by atoms with Crippen LogP contribution in [0.15, 0.2) is 42.5 Å². The molecule has 1 aliphatic rings. The van der Waals surface area contributed by atoms with E-state index in [0.29, 0.717) is 28.1 Å². The fourth-order valence-corrected chi connectivity index (χ4v) is 3.27. The number of nitrogens with zero attached hydrogens (tertiary/aromatic N) is 1. The lowest BCUT2D eigenvalue weighted by Crippen LogP contribution is -2.27. The highest BCUT2D eigenvalue weighted by atomic mass is 16.6. The van der Waals surface area contributed by atoms with E-state index < -0.39 is 24.1 Å². The SMILES string of the molecule is N=C(N)c1ccc(N2CC(CNc3cc(CC(=O)O)ccc3CC(=O)O)OC2=O)cc1. The van der Waals surface area contributed by atoms with Crippen LogP contribution in [-0.2, 0) is 27.2 Å². The zero-order valence-corrected chi connectivity index (χ0v) is 16.5. The number of carboxylic acid groups (broad SMARTS) is 2. The number of nitrogens with one attached hydrogen (secondary N) is 2. The first kappa shape index (κ1) is 21.6. The number of carbonyl (C=O) groups is 3. The maximum absolute atomic E-state index is 12.3. The molecule has 1 saturated heterocycles. The van der Waals surface area contributed by atoms with Crippen LogP contribution in [-0.4, -0.2) is 53.3 Å². The second kappa shape index (κ2) is 9.16. The Labute approximate surface area is 177 Å². The molecule has 0 radical (unpaired) electrons. The molecule has 3 rings (SSSR count). The number of carbonyl (C=O) groups excluding carboxylic acids is 1. The number of nitrogen functional groups attached to an aromatic ring is 1. The summed E-state index contributed by atoms with van der Waals surface area (Å²) >= 11 is 0. The van der Waals surface area contributed by atoms with Crippen molar-refractivity contribution in [1.82, 2.24) is 0 Å². The number of hydrogen-bond acceptors (Lipinski definition) is 6. The van der Waals surface area contributed by atoms with Gasteiger partial charge in [0.1, 0.15) is 11.9 Å². The number of hydrogen-bond donors (Lipinski definition) is 5. The van der Waals surface area contributed by atoms with E-state index in [4.69, 9.17) is 26.1 Å². The molecule has 0 aromatic heterocycles. The molecule has 0 saturated carbocycles. The predicted octanol–water partition coefficient (Wildman–Crippen LogP) is 1.66. The van der Waals surface area contributed by atoms with E-state index >= 15 is 0 Å². The first-order chi connectivity index (χ1) is 14.7. The van der Waals surface area contributed by atoms with E-state index in [1.54, 1.807) is 42.5 Å². The number of rotatable bonds is 9. The van der Waals surface area contributed by atoms with Crippen molar-refractivity contribution in [2.75, 3.05) is 23.3 Å². The largest absolute Gasteiger partial charge is 0.481 e. The molecule has 2 aromatic rings. The fraction of sp³-hybridized carbons (Fsp3) is 0.238. The van der Waals surface area contributed by atoms with Gasteiger partial charge >= 0.3 is 18.0 Å². The van der Waals surface area contributed by atoms with Gasteiger partial charge in [-0.25, -0.2) is 4.79 Å². The minimum atomic E-state index is -1.01. The summed E-state index contributed by atoms with van der Waals surface area (Å²) in [5, 5.41) is 28.6. The molecule has 10 nitrogen and oxygen atoms in total. The monoisotopic (exact) mass is 426 g/mol. The molecule has 1 aliphatic heterocycles. The maximum atomic E-state index is 12.3. The van der Waals surface area contributed by atoms with Gasteiger partial charge in [0.05, 0.1) is 25.9 Å². The van der Waals surface area contributed by atoms with Crippen molar-refractivity contribution in [3.8, 4) is 0 Å². The number of anilines is 2. The van der Waals surface area contributed by atoms with Gasteiger partial charge in [-0.2, -0.15) is 0 Å². The summed E-state index contributed by atoms with van der Waals surface area (Å²) in [6, 6.07) is 11.4. The standard InChI is InChI=1S/C21H22N4O6/c22-20(23)13-3-5-15(6-4-13)25-11-16(31-21(25)30)10-24-17-7-12(8-18(26)27)1-2-14(17)9-19(28)29/h1-7,16,24H,8-11H2,(H3,22,23)(H,26,27)(H,28,29). The Hall–Kier alpha value is -4.08. The van der Waals surface area contributed by atoms with Crippen LogP contribution in [0.2, 0.25) is 0 Å². The molecule has 0 bridgehead atoms. The van der Waals surface area contributed by atoms with E-state index in [0.717, 1.165) is 0 Å². The number of cyclic esters (lactones) is 1. The molecule has 1 atom stereocenters. The molecule has 0 aliphatic carbocycles. The second-order valence-electron chi connectivity index (χ2n) is 7.09.